The Morgan fingerprint density at radius 1 is 1.07 bits per heavy atom. The summed E-state index contributed by atoms with van der Waals surface area (Å²) in [7, 11) is 1.63. The van der Waals surface area contributed by atoms with E-state index in [1.165, 1.54) is 19.6 Å². The number of urea groups is 1. The molecular formula is C33H35N3O6. The average molecular weight is 570 g/mol. The van der Waals surface area contributed by atoms with Gasteiger partial charge in [0.2, 0.25) is 0 Å². The number of nitrogens with one attached hydrogen (secondary N) is 1. The van der Waals surface area contributed by atoms with Crippen LogP contribution >= 0.6 is 0 Å². The summed E-state index contributed by atoms with van der Waals surface area (Å²) >= 11 is 0. The number of esters is 1. The summed E-state index contributed by atoms with van der Waals surface area (Å²) in [5.41, 5.74) is 7.06. The average Bonchev–Trinajstić information content (AvgIpc) is 3.49. The summed E-state index contributed by atoms with van der Waals surface area (Å²) in [5.74, 6) is 1.39. The first-order valence-corrected chi connectivity index (χ1v) is 13.9. The second-order valence-corrected chi connectivity index (χ2v) is 10.4. The van der Waals surface area contributed by atoms with Crippen molar-refractivity contribution < 1.29 is 28.2 Å². The molecular weight excluding hydrogens is 534 g/mol. The van der Waals surface area contributed by atoms with Gasteiger partial charge in [0.25, 0.3) is 0 Å². The molecule has 0 bridgehead atoms. The molecule has 3 aromatic carbocycles. The van der Waals surface area contributed by atoms with Crippen LogP contribution in [-0.2, 0) is 24.2 Å². The van der Waals surface area contributed by atoms with Crippen LogP contribution in [0.1, 0.15) is 52.0 Å². The zero-order valence-corrected chi connectivity index (χ0v) is 24.3. The van der Waals surface area contributed by atoms with Crippen molar-refractivity contribution in [1.82, 2.24) is 15.2 Å². The molecule has 2 heterocycles. The van der Waals surface area contributed by atoms with Crippen LogP contribution in [-0.4, -0.2) is 42.1 Å². The number of hydrogen-bond donors (Lipinski definition) is 1. The van der Waals surface area contributed by atoms with E-state index >= 15 is 0 Å². The van der Waals surface area contributed by atoms with E-state index < -0.39 is 0 Å². The second-order valence-electron chi connectivity index (χ2n) is 10.4. The first-order chi connectivity index (χ1) is 20.3. The molecule has 0 saturated carbocycles. The lowest BCUT2D eigenvalue weighted by atomic mass is 9.85. The highest BCUT2D eigenvalue weighted by Crippen LogP contribution is 2.42. The molecule has 5 rings (SSSR count). The van der Waals surface area contributed by atoms with Crippen LogP contribution < -0.4 is 19.5 Å². The van der Waals surface area contributed by atoms with E-state index in [1.807, 2.05) is 35.2 Å². The lowest BCUT2D eigenvalue weighted by molar-refractivity contribution is -0.131. The maximum atomic E-state index is 13.6. The van der Waals surface area contributed by atoms with Crippen molar-refractivity contribution in [3.63, 3.8) is 0 Å². The van der Waals surface area contributed by atoms with Crippen molar-refractivity contribution in [2.45, 2.75) is 46.2 Å². The summed E-state index contributed by atoms with van der Waals surface area (Å²) in [6.45, 7) is 6.71. The Morgan fingerprint density at radius 2 is 1.93 bits per heavy atom. The van der Waals surface area contributed by atoms with Crippen molar-refractivity contribution in [3.8, 4) is 17.2 Å². The zero-order chi connectivity index (χ0) is 29.6. The van der Waals surface area contributed by atoms with E-state index in [1.54, 1.807) is 13.2 Å². The van der Waals surface area contributed by atoms with Crippen molar-refractivity contribution in [2.75, 3.05) is 20.3 Å². The van der Waals surface area contributed by atoms with Crippen LogP contribution in [0.3, 0.4) is 0 Å². The van der Waals surface area contributed by atoms with Crippen LogP contribution in [0.4, 0.5) is 4.79 Å². The van der Waals surface area contributed by atoms with E-state index in [0.717, 1.165) is 33.4 Å². The maximum absolute atomic E-state index is 13.6. The molecule has 1 aliphatic rings. The summed E-state index contributed by atoms with van der Waals surface area (Å²) in [6, 6.07) is 17.2. The largest absolute Gasteiger partial charge is 0.493 e. The third-order valence-corrected chi connectivity index (χ3v) is 7.35. The lowest BCUT2D eigenvalue weighted by Crippen LogP contribution is -2.46. The van der Waals surface area contributed by atoms with Gasteiger partial charge in [0, 0.05) is 19.9 Å². The highest BCUT2D eigenvalue weighted by Gasteiger charge is 2.34. The number of nitrogens with zero attached hydrogens (tertiary/aromatic N) is 2. The van der Waals surface area contributed by atoms with Crippen LogP contribution in [0, 0.1) is 13.8 Å². The number of methoxy groups -OCH3 is 1. The van der Waals surface area contributed by atoms with Gasteiger partial charge in [-0.2, -0.15) is 0 Å². The van der Waals surface area contributed by atoms with Crippen LogP contribution in [0.2, 0.25) is 0 Å². The van der Waals surface area contributed by atoms with E-state index in [2.05, 4.69) is 42.3 Å². The van der Waals surface area contributed by atoms with Gasteiger partial charge < -0.3 is 28.8 Å². The quantitative estimate of drug-likeness (QED) is 0.204. The molecule has 0 spiro atoms. The van der Waals surface area contributed by atoms with Crippen LogP contribution in [0.25, 0.3) is 0 Å². The fourth-order valence-corrected chi connectivity index (χ4v) is 5.39. The van der Waals surface area contributed by atoms with Gasteiger partial charge in [0.15, 0.2) is 17.9 Å². The smallest absolute Gasteiger partial charge is 0.318 e. The molecule has 0 fully saturated rings. The molecule has 4 aromatic rings. The number of aromatic nitrogens is 1. The molecule has 9 nitrogen and oxygen atoms in total. The predicted octanol–water partition coefficient (Wildman–Crippen LogP) is 5.70. The molecule has 1 aliphatic heterocycles. The molecule has 1 unspecified atom stereocenters. The number of rotatable bonds is 9. The fourth-order valence-electron chi connectivity index (χ4n) is 5.39. The Bertz CT molecular complexity index is 1570. The standard InChI is InChI=1S/C33H35N3O6/c1-21-8-9-28(22(2)14-21)32-29-17-31(41-13-11-24-6-5-7-27(15-24)42-23(3)37)30(39-4)16-25(29)10-12-36(32)33(38)34-18-26-19-40-20-35-26/h5-9,14-17,19-20,32H,10-13,18H2,1-4H3,(H,34,38). The molecule has 1 aromatic heterocycles. The van der Waals surface area contributed by atoms with Crippen molar-refractivity contribution >= 4 is 12.0 Å². The number of carbonyl (C=O) groups is 2. The van der Waals surface area contributed by atoms with Gasteiger partial charge in [0.05, 0.1) is 32.0 Å². The Labute approximate surface area is 245 Å². The van der Waals surface area contributed by atoms with E-state index in [-0.39, 0.29) is 24.6 Å². The minimum atomic E-state index is -0.360. The maximum Gasteiger partial charge on any atom is 0.318 e. The molecule has 0 saturated heterocycles. The molecule has 0 aliphatic carbocycles. The van der Waals surface area contributed by atoms with Crippen molar-refractivity contribution in [1.29, 1.82) is 0 Å². The number of ether oxygens (including phenoxy) is 3. The molecule has 218 valence electrons. The summed E-state index contributed by atoms with van der Waals surface area (Å²) in [6.07, 6.45) is 4.15. The second kappa shape index (κ2) is 12.8. The summed E-state index contributed by atoms with van der Waals surface area (Å²) in [4.78, 5) is 30.9. The van der Waals surface area contributed by atoms with Crippen molar-refractivity contribution in [3.05, 3.63) is 106 Å². The number of oxazole rings is 1. The van der Waals surface area contributed by atoms with Gasteiger partial charge in [-0.1, -0.05) is 35.9 Å². The minimum absolute atomic E-state index is 0.181. The number of hydrogen-bond acceptors (Lipinski definition) is 7. The topological polar surface area (TPSA) is 103 Å². The Kier molecular flexibility index (Phi) is 8.76. The highest BCUT2D eigenvalue weighted by atomic mass is 16.5. The third kappa shape index (κ3) is 6.57. The first-order valence-electron chi connectivity index (χ1n) is 13.9. The van der Waals surface area contributed by atoms with Crippen LogP contribution in [0.15, 0.2) is 71.7 Å². The van der Waals surface area contributed by atoms with Gasteiger partial charge in [-0.05, 0) is 72.4 Å². The van der Waals surface area contributed by atoms with E-state index in [9.17, 15) is 9.59 Å². The van der Waals surface area contributed by atoms with Gasteiger partial charge in [0.1, 0.15) is 12.0 Å². The monoisotopic (exact) mass is 569 g/mol. The third-order valence-electron chi connectivity index (χ3n) is 7.35. The molecule has 2 amide bonds. The SMILES string of the molecule is COc1cc2c(cc1OCCc1cccc(OC(C)=O)c1)C(c1ccc(C)cc1C)N(C(=O)NCc1cocn1)CC2. The number of fused-ring (bicyclic) bond motifs is 1. The zero-order valence-electron chi connectivity index (χ0n) is 24.3. The van der Waals surface area contributed by atoms with Crippen molar-refractivity contribution in [2.24, 2.45) is 0 Å². The Balaban J connectivity index is 1.43. The van der Waals surface area contributed by atoms with Gasteiger partial charge in [-0.15, -0.1) is 0 Å². The van der Waals surface area contributed by atoms with Crippen LogP contribution in [0.5, 0.6) is 17.2 Å². The number of benzene rings is 3. The van der Waals surface area contributed by atoms with Gasteiger partial charge >= 0.3 is 12.0 Å². The minimum Gasteiger partial charge on any atom is -0.493 e. The normalized spacial score (nSPS) is 14.2. The predicted molar refractivity (Wildman–Crippen MR) is 157 cm³/mol. The number of carbonyl (C=O) groups excluding carboxylic acids is 2. The highest BCUT2D eigenvalue weighted by molar-refractivity contribution is 5.76. The summed E-state index contributed by atoms with van der Waals surface area (Å²) < 4.78 is 22.3. The van der Waals surface area contributed by atoms with E-state index in [4.69, 9.17) is 18.6 Å². The lowest BCUT2D eigenvalue weighted by Gasteiger charge is -2.38. The Hall–Kier alpha value is -4.79. The molecule has 42 heavy (non-hydrogen) atoms. The van der Waals surface area contributed by atoms with Gasteiger partial charge in [-0.3, -0.25) is 4.79 Å². The first kappa shape index (κ1) is 28.7. The molecule has 0 radical (unpaired) electrons. The van der Waals surface area contributed by atoms with E-state index in [0.29, 0.717) is 48.9 Å². The molecule has 1 atom stereocenters. The van der Waals surface area contributed by atoms with Gasteiger partial charge in [-0.25, -0.2) is 9.78 Å². The summed E-state index contributed by atoms with van der Waals surface area (Å²) in [5, 5.41) is 3.00. The Morgan fingerprint density at radius 3 is 2.67 bits per heavy atom. The fraction of sp³-hybridized carbons (Fsp3) is 0.303. The molecule has 1 N–H and O–H groups in total. The number of aryl methyl sites for hydroxylation is 2. The number of amides is 2. The molecule has 9 heteroatoms.